The van der Waals surface area contributed by atoms with E-state index in [1.807, 2.05) is 23.9 Å². The molecular formula is C27H35ClN6O2. The lowest BCUT2D eigenvalue weighted by Crippen LogP contribution is -2.57. The van der Waals surface area contributed by atoms with Crippen molar-refractivity contribution in [3.63, 3.8) is 0 Å². The van der Waals surface area contributed by atoms with Crippen molar-refractivity contribution in [2.75, 3.05) is 19.7 Å². The van der Waals surface area contributed by atoms with Gasteiger partial charge in [0.15, 0.2) is 0 Å². The van der Waals surface area contributed by atoms with Crippen LogP contribution in [0.4, 0.5) is 0 Å². The van der Waals surface area contributed by atoms with Crippen molar-refractivity contribution in [1.29, 1.82) is 0 Å². The van der Waals surface area contributed by atoms with Crippen molar-refractivity contribution < 1.29 is 9.53 Å². The molecule has 3 aromatic rings. The highest BCUT2D eigenvalue weighted by Gasteiger charge is 2.36. The number of amides is 1. The summed E-state index contributed by atoms with van der Waals surface area (Å²) in [5.41, 5.74) is 4.10. The van der Waals surface area contributed by atoms with Gasteiger partial charge in [-0.1, -0.05) is 23.7 Å². The van der Waals surface area contributed by atoms with Crippen molar-refractivity contribution in [2.45, 2.75) is 63.1 Å². The normalized spacial score (nSPS) is 25.1. The quantitative estimate of drug-likeness (QED) is 0.503. The van der Waals surface area contributed by atoms with Crippen LogP contribution in [-0.2, 0) is 18.2 Å². The van der Waals surface area contributed by atoms with Crippen molar-refractivity contribution in [3.8, 4) is 0 Å². The molecule has 2 fully saturated rings. The van der Waals surface area contributed by atoms with Gasteiger partial charge >= 0.3 is 0 Å². The van der Waals surface area contributed by atoms with Crippen molar-refractivity contribution in [3.05, 3.63) is 70.3 Å². The summed E-state index contributed by atoms with van der Waals surface area (Å²) in [6.45, 7) is 4.03. The minimum Gasteiger partial charge on any atom is -0.373 e. The minimum absolute atomic E-state index is 0.0504. The maximum Gasteiger partial charge on any atom is 0.271 e. The largest absolute Gasteiger partial charge is 0.373 e. The summed E-state index contributed by atoms with van der Waals surface area (Å²) in [5.74, 6) is 0.349. The van der Waals surface area contributed by atoms with Crippen molar-refractivity contribution in [2.24, 2.45) is 7.05 Å². The number of nitrogens with one attached hydrogen (secondary N) is 2. The average molecular weight is 511 g/mol. The number of aromatic nitrogens is 4. The number of carbonyl (C=O) groups is 1. The lowest BCUT2D eigenvalue weighted by molar-refractivity contribution is -0.0822. The number of halogens is 1. The van der Waals surface area contributed by atoms with E-state index >= 15 is 0 Å². The van der Waals surface area contributed by atoms with Gasteiger partial charge in [-0.3, -0.25) is 19.5 Å². The molecule has 192 valence electrons. The maximum atomic E-state index is 12.4. The Balaban J connectivity index is 1.24. The van der Waals surface area contributed by atoms with E-state index in [1.165, 1.54) is 17.0 Å². The van der Waals surface area contributed by atoms with Crippen LogP contribution < -0.4 is 5.32 Å². The summed E-state index contributed by atoms with van der Waals surface area (Å²) < 4.78 is 8.24. The van der Waals surface area contributed by atoms with Gasteiger partial charge in [-0.15, -0.1) is 0 Å². The van der Waals surface area contributed by atoms with E-state index in [1.54, 1.807) is 12.3 Å². The van der Waals surface area contributed by atoms with E-state index in [2.05, 4.69) is 45.5 Å². The van der Waals surface area contributed by atoms with E-state index in [-0.39, 0.29) is 12.0 Å². The fourth-order valence-electron chi connectivity index (χ4n) is 5.59. The van der Waals surface area contributed by atoms with E-state index in [9.17, 15) is 4.79 Å². The molecule has 1 aliphatic carbocycles. The van der Waals surface area contributed by atoms with Crippen LogP contribution in [0.3, 0.4) is 0 Å². The van der Waals surface area contributed by atoms with Gasteiger partial charge in [-0.2, -0.15) is 10.2 Å². The van der Waals surface area contributed by atoms with Gasteiger partial charge in [0.2, 0.25) is 0 Å². The molecule has 0 bridgehead atoms. The molecule has 3 heterocycles. The number of morpholine rings is 1. The Morgan fingerprint density at radius 2 is 1.97 bits per heavy atom. The maximum absolute atomic E-state index is 12.4. The fourth-order valence-corrected chi connectivity index (χ4v) is 5.72. The molecular weight excluding hydrogens is 476 g/mol. The summed E-state index contributed by atoms with van der Waals surface area (Å²) in [4.78, 5) is 15.0. The van der Waals surface area contributed by atoms with Gasteiger partial charge < -0.3 is 10.1 Å². The number of aryl methyl sites for hydroxylation is 2. The third-order valence-electron chi connectivity index (χ3n) is 7.73. The molecule has 2 unspecified atom stereocenters. The van der Waals surface area contributed by atoms with Crippen LogP contribution in [0.15, 0.2) is 42.6 Å². The number of hydrogen-bond acceptors (Lipinski definition) is 5. The first-order chi connectivity index (χ1) is 17.5. The zero-order valence-electron chi connectivity index (χ0n) is 21.0. The van der Waals surface area contributed by atoms with E-state index in [4.69, 9.17) is 21.4 Å². The van der Waals surface area contributed by atoms with Gasteiger partial charge in [-0.05, 0) is 68.9 Å². The third kappa shape index (κ3) is 5.82. The van der Waals surface area contributed by atoms with Crippen LogP contribution in [0.2, 0.25) is 5.02 Å². The highest BCUT2D eigenvalue weighted by atomic mass is 35.5. The van der Waals surface area contributed by atoms with Crippen LogP contribution in [-0.4, -0.2) is 68.7 Å². The van der Waals surface area contributed by atoms with Gasteiger partial charge in [0.05, 0.1) is 18.4 Å². The Bertz CT molecular complexity index is 1120. The molecule has 1 saturated heterocycles. The first-order valence-corrected chi connectivity index (χ1v) is 13.2. The number of hydrogen-bond donors (Lipinski definition) is 2. The van der Waals surface area contributed by atoms with Crippen LogP contribution in [0.5, 0.6) is 0 Å². The number of ether oxygens (including phenoxy) is 1. The molecule has 2 atom stereocenters. The molecule has 2 aromatic heterocycles. The second-order valence-electron chi connectivity index (χ2n) is 10.1. The molecule has 1 aromatic carbocycles. The number of aromatic amines is 1. The summed E-state index contributed by atoms with van der Waals surface area (Å²) in [6, 6.07) is 12.8. The number of carbonyl (C=O) groups excluding carboxylic acids is 1. The average Bonchev–Trinajstić information content (AvgIpc) is 3.55. The summed E-state index contributed by atoms with van der Waals surface area (Å²) >= 11 is 6.11. The molecule has 1 saturated carbocycles. The lowest BCUT2D eigenvalue weighted by atomic mass is 9.82. The molecule has 0 spiro atoms. The number of rotatable bonds is 7. The zero-order valence-corrected chi connectivity index (χ0v) is 21.7. The van der Waals surface area contributed by atoms with Crippen LogP contribution in [0.25, 0.3) is 0 Å². The molecule has 9 heteroatoms. The predicted octanol–water partition coefficient (Wildman–Crippen LogP) is 3.87. The lowest BCUT2D eigenvalue weighted by Gasteiger charge is -2.46. The minimum atomic E-state index is -0.180. The second kappa shape index (κ2) is 11.2. The first-order valence-electron chi connectivity index (χ1n) is 12.9. The van der Waals surface area contributed by atoms with E-state index < -0.39 is 0 Å². The standard InChI is InChI=1S/C27H35ClN6O2/c1-18-13-26(32-33(18)2)20-5-9-22(10-6-20)34-16-24(15-29-27(35)25-11-12-30-31-25)36-17-23(34)14-19-3-7-21(28)8-4-19/h3-4,7-8,11-13,20,22-24H,5-6,9-10,14-17H2,1-2H3,(H,29,35)(H,30,31). The van der Waals surface area contributed by atoms with E-state index in [0.29, 0.717) is 36.8 Å². The predicted molar refractivity (Wildman–Crippen MR) is 139 cm³/mol. The van der Waals surface area contributed by atoms with Gasteiger partial charge in [0.1, 0.15) is 5.69 Å². The van der Waals surface area contributed by atoms with Gasteiger partial charge in [0.25, 0.3) is 5.91 Å². The highest BCUT2D eigenvalue weighted by Crippen LogP contribution is 2.36. The highest BCUT2D eigenvalue weighted by molar-refractivity contribution is 6.30. The molecule has 5 rings (SSSR count). The Morgan fingerprint density at radius 1 is 1.19 bits per heavy atom. The molecule has 1 amide bonds. The molecule has 0 radical (unpaired) electrons. The summed E-state index contributed by atoms with van der Waals surface area (Å²) in [5, 5.41) is 15.1. The number of H-pyrrole nitrogens is 1. The monoisotopic (exact) mass is 510 g/mol. The molecule has 2 aliphatic rings. The van der Waals surface area contributed by atoms with E-state index in [0.717, 1.165) is 43.7 Å². The third-order valence-corrected chi connectivity index (χ3v) is 7.98. The van der Waals surface area contributed by atoms with Crippen LogP contribution in [0, 0.1) is 6.92 Å². The fraction of sp³-hybridized carbons (Fsp3) is 0.519. The van der Waals surface area contributed by atoms with Crippen molar-refractivity contribution in [1.82, 2.24) is 30.2 Å². The number of nitrogens with zero attached hydrogens (tertiary/aromatic N) is 4. The van der Waals surface area contributed by atoms with Crippen LogP contribution >= 0.6 is 11.6 Å². The SMILES string of the molecule is Cc1cc(C2CCC(N3CC(CNC(=O)c4cc[nH]n4)OCC3Cc3ccc(Cl)cc3)CC2)nn1C. The smallest absolute Gasteiger partial charge is 0.271 e. The number of benzene rings is 1. The Hall–Kier alpha value is -2.68. The van der Waals surface area contributed by atoms with Crippen molar-refractivity contribution >= 4 is 17.5 Å². The molecule has 8 nitrogen and oxygen atoms in total. The van der Waals surface area contributed by atoms with Gasteiger partial charge in [-0.25, -0.2) is 0 Å². The first kappa shape index (κ1) is 25.0. The topological polar surface area (TPSA) is 88.1 Å². The Morgan fingerprint density at radius 3 is 2.64 bits per heavy atom. The molecule has 36 heavy (non-hydrogen) atoms. The summed E-state index contributed by atoms with van der Waals surface area (Å²) in [7, 11) is 2.02. The second-order valence-corrected chi connectivity index (χ2v) is 10.6. The Labute approximate surface area is 217 Å². The molecule has 1 aliphatic heterocycles. The zero-order chi connectivity index (χ0) is 25.1. The van der Waals surface area contributed by atoms with Gasteiger partial charge in [0, 0.05) is 55.1 Å². The summed E-state index contributed by atoms with van der Waals surface area (Å²) in [6.07, 6.45) is 7.10. The Kier molecular flexibility index (Phi) is 7.74. The van der Waals surface area contributed by atoms with Crippen LogP contribution in [0.1, 0.15) is 59.0 Å². The molecule has 2 N–H and O–H groups in total.